The molecule has 3 aromatic carbocycles. The van der Waals surface area contributed by atoms with Gasteiger partial charge in [0.15, 0.2) is 5.65 Å². The fourth-order valence-corrected chi connectivity index (χ4v) is 5.53. The van der Waals surface area contributed by atoms with E-state index in [0.717, 1.165) is 42.4 Å². The van der Waals surface area contributed by atoms with Crippen LogP contribution in [-0.2, 0) is 6.61 Å². The average Bonchev–Trinajstić information content (AvgIpc) is 3.86. The standard InChI is InChI=1S/C32H25FN4O4.C3H9N/c33-25-14-21(19-8-9-19)15-27-28(25)32(40)37(12-13-41-27)26-3-1-2-22(24(26)17-39)23-10-11-34-31-29(23)35-30(36-31)20-6-4-18(16-38)5-7-20;1-3-4-2/h1-7,10-11,14-16,19,39H,8-9,12-13,17H2,(H,34,35,36);4H,3H2,1-2H3. The molecule has 45 heavy (non-hydrogen) atoms. The number of H-pyrrole nitrogens is 1. The number of anilines is 1. The van der Waals surface area contributed by atoms with E-state index in [1.165, 1.54) is 11.0 Å². The summed E-state index contributed by atoms with van der Waals surface area (Å²) in [5.41, 5.74) is 5.67. The molecule has 0 spiro atoms. The number of benzene rings is 3. The Morgan fingerprint density at radius 3 is 2.60 bits per heavy atom. The molecule has 5 aromatic rings. The van der Waals surface area contributed by atoms with E-state index < -0.39 is 11.7 Å². The van der Waals surface area contributed by atoms with Gasteiger partial charge in [-0.05, 0) is 67.7 Å². The van der Waals surface area contributed by atoms with Crippen molar-refractivity contribution in [3.8, 4) is 28.3 Å². The highest BCUT2D eigenvalue weighted by molar-refractivity contribution is 6.09. The van der Waals surface area contributed by atoms with E-state index in [1.54, 1.807) is 48.7 Å². The van der Waals surface area contributed by atoms with Crippen LogP contribution < -0.4 is 15.0 Å². The molecule has 0 atom stereocenters. The summed E-state index contributed by atoms with van der Waals surface area (Å²) < 4.78 is 21.2. The molecule has 1 saturated carbocycles. The van der Waals surface area contributed by atoms with Gasteiger partial charge < -0.3 is 25.0 Å². The predicted octanol–water partition coefficient (Wildman–Crippen LogP) is 5.88. The second-order valence-corrected chi connectivity index (χ2v) is 11.0. The summed E-state index contributed by atoms with van der Waals surface area (Å²) in [6.07, 6.45) is 4.44. The smallest absolute Gasteiger partial charge is 0.265 e. The molecule has 0 unspecified atom stereocenters. The molecule has 1 fully saturated rings. The predicted molar refractivity (Wildman–Crippen MR) is 171 cm³/mol. The molecule has 1 aliphatic heterocycles. The van der Waals surface area contributed by atoms with Gasteiger partial charge in [-0.3, -0.25) is 9.59 Å². The van der Waals surface area contributed by atoms with Crippen molar-refractivity contribution >= 4 is 29.0 Å². The molecule has 3 heterocycles. The quantitative estimate of drug-likeness (QED) is 0.198. The molecule has 7 rings (SSSR count). The van der Waals surface area contributed by atoms with Crippen molar-refractivity contribution in [3.63, 3.8) is 0 Å². The van der Waals surface area contributed by atoms with Crippen molar-refractivity contribution in [2.24, 2.45) is 0 Å². The number of ether oxygens (including phenoxy) is 1. The molecular weight excluding hydrogens is 573 g/mol. The number of nitrogens with one attached hydrogen (secondary N) is 2. The first-order chi connectivity index (χ1) is 22.0. The number of amides is 1. The number of hydrogen-bond donors (Lipinski definition) is 3. The lowest BCUT2D eigenvalue weighted by Crippen LogP contribution is -2.33. The van der Waals surface area contributed by atoms with Gasteiger partial charge in [-0.15, -0.1) is 0 Å². The molecule has 9 nitrogen and oxygen atoms in total. The molecule has 1 amide bonds. The van der Waals surface area contributed by atoms with Crippen LogP contribution in [0.15, 0.2) is 66.9 Å². The van der Waals surface area contributed by atoms with Gasteiger partial charge in [-0.25, -0.2) is 14.4 Å². The highest BCUT2D eigenvalue weighted by atomic mass is 19.1. The Hall–Kier alpha value is -4.93. The lowest BCUT2D eigenvalue weighted by molar-refractivity contribution is 0.0985. The monoisotopic (exact) mass is 607 g/mol. The third kappa shape index (κ3) is 5.94. The van der Waals surface area contributed by atoms with Crippen LogP contribution in [0.4, 0.5) is 10.1 Å². The number of aromatic nitrogens is 3. The number of fused-ring (bicyclic) bond motifs is 2. The summed E-state index contributed by atoms with van der Waals surface area (Å²) in [5.74, 6) is 0.0674. The van der Waals surface area contributed by atoms with Gasteiger partial charge in [-0.1, -0.05) is 43.3 Å². The number of nitrogens with zero attached hydrogens (tertiary/aromatic N) is 3. The van der Waals surface area contributed by atoms with E-state index in [1.807, 2.05) is 19.2 Å². The van der Waals surface area contributed by atoms with Gasteiger partial charge in [0.2, 0.25) is 0 Å². The average molecular weight is 608 g/mol. The lowest BCUT2D eigenvalue weighted by atomic mass is 9.97. The highest BCUT2D eigenvalue weighted by Crippen LogP contribution is 2.43. The zero-order valence-corrected chi connectivity index (χ0v) is 25.1. The molecule has 230 valence electrons. The second-order valence-electron chi connectivity index (χ2n) is 11.0. The maximum atomic E-state index is 15.3. The van der Waals surface area contributed by atoms with Gasteiger partial charge in [0.25, 0.3) is 5.91 Å². The Labute approximate surface area is 260 Å². The van der Waals surface area contributed by atoms with E-state index in [0.29, 0.717) is 45.3 Å². The van der Waals surface area contributed by atoms with Crippen LogP contribution in [-0.4, -0.2) is 59.0 Å². The van der Waals surface area contributed by atoms with Crippen LogP contribution in [0.25, 0.3) is 33.7 Å². The largest absolute Gasteiger partial charge is 0.491 e. The van der Waals surface area contributed by atoms with E-state index in [4.69, 9.17) is 4.74 Å². The van der Waals surface area contributed by atoms with Gasteiger partial charge in [0.05, 0.1) is 24.4 Å². The number of aromatic amines is 1. The summed E-state index contributed by atoms with van der Waals surface area (Å²) >= 11 is 0. The van der Waals surface area contributed by atoms with Crippen molar-refractivity contribution < 1.29 is 23.8 Å². The first-order valence-corrected chi connectivity index (χ1v) is 15.0. The zero-order valence-electron chi connectivity index (χ0n) is 25.1. The van der Waals surface area contributed by atoms with Gasteiger partial charge >= 0.3 is 0 Å². The van der Waals surface area contributed by atoms with Crippen LogP contribution in [0.5, 0.6) is 5.75 Å². The second kappa shape index (κ2) is 13.0. The fraction of sp³-hybridized carbons (Fsp3) is 0.257. The summed E-state index contributed by atoms with van der Waals surface area (Å²) in [7, 11) is 1.93. The third-order valence-corrected chi connectivity index (χ3v) is 8.11. The van der Waals surface area contributed by atoms with E-state index >= 15 is 4.39 Å². The zero-order chi connectivity index (χ0) is 31.5. The number of halogens is 1. The normalized spacial score (nSPS) is 14.3. The van der Waals surface area contributed by atoms with Gasteiger partial charge in [0.1, 0.15) is 35.8 Å². The number of hydrogen-bond acceptors (Lipinski definition) is 7. The Balaban J connectivity index is 0.000000845. The first kappa shape index (κ1) is 30.1. The number of aldehydes is 1. The third-order valence-electron chi connectivity index (χ3n) is 8.11. The topological polar surface area (TPSA) is 120 Å². The molecule has 10 heteroatoms. The molecule has 0 radical (unpaired) electrons. The SMILES string of the molecule is CCNC.O=Cc1ccc(-c2nc3nccc(-c4cccc(N5CCOc6cc(C7CC7)cc(F)c6C5=O)c4CO)c3[nH]2)cc1. The van der Waals surface area contributed by atoms with E-state index in [9.17, 15) is 14.7 Å². The van der Waals surface area contributed by atoms with Crippen LogP contribution in [0.1, 0.15) is 57.5 Å². The minimum absolute atomic E-state index is 0.0914. The van der Waals surface area contributed by atoms with Crippen LogP contribution in [0.2, 0.25) is 0 Å². The molecule has 3 N–H and O–H groups in total. The van der Waals surface area contributed by atoms with Crippen molar-refractivity contribution in [2.45, 2.75) is 32.3 Å². The number of carbonyl (C=O) groups is 2. The summed E-state index contributed by atoms with van der Waals surface area (Å²) in [5, 5.41) is 13.5. The highest BCUT2D eigenvalue weighted by Gasteiger charge is 2.33. The van der Waals surface area contributed by atoms with Crippen molar-refractivity contribution in [1.29, 1.82) is 0 Å². The number of pyridine rings is 1. The first-order valence-electron chi connectivity index (χ1n) is 15.0. The van der Waals surface area contributed by atoms with Crippen LogP contribution in [0, 0.1) is 5.82 Å². The molecule has 2 aromatic heterocycles. The van der Waals surface area contributed by atoms with Crippen molar-refractivity contribution in [2.75, 3.05) is 31.6 Å². The van der Waals surface area contributed by atoms with Crippen LogP contribution in [0.3, 0.4) is 0 Å². The molecule has 2 aliphatic rings. The number of rotatable bonds is 7. The Bertz CT molecular complexity index is 1860. The summed E-state index contributed by atoms with van der Waals surface area (Å²) in [4.78, 5) is 38.7. The lowest BCUT2D eigenvalue weighted by Gasteiger charge is -2.24. The van der Waals surface area contributed by atoms with Crippen molar-refractivity contribution in [3.05, 3.63) is 94.9 Å². The molecule has 0 bridgehead atoms. The Morgan fingerprint density at radius 2 is 1.91 bits per heavy atom. The number of carbonyl (C=O) groups excluding carboxylic acids is 2. The number of aliphatic hydroxyl groups is 1. The minimum Gasteiger partial charge on any atom is -0.491 e. The Morgan fingerprint density at radius 1 is 1.13 bits per heavy atom. The maximum absolute atomic E-state index is 15.3. The van der Waals surface area contributed by atoms with Crippen LogP contribution >= 0.6 is 0 Å². The van der Waals surface area contributed by atoms with Gasteiger partial charge in [0, 0.05) is 28.5 Å². The van der Waals surface area contributed by atoms with E-state index in [-0.39, 0.29) is 31.1 Å². The van der Waals surface area contributed by atoms with Gasteiger partial charge in [-0.2, -0.15) is 0 Å². The van der Waals surface area contributed by atoms with Crippen molar-refractivity contribution in [1.82, 2.24) is 20.3 Å². The summed E-state index contributed by atoms with van der Waals surface area (Å²) in [6, 6.07) is 17.5. The molecular formula is C35H34FN5O4. The maximum Gasteiger partial charge on any atom is 0.265 e. The number of aliphatic hydroxyl groups excluding tert-OH is 1. The molecule has 0 saturated heterocycles. The van der Waals surface area contributed by atoms with E-state index in [2.05, 4.69) is 27.2 Å². The fourth-order valence-electron chi connectivity index (χ4n) is 5.53. The molecule has 1 aliphatic carbocycles. The number of imidazole rings is 1. The Kier molecular flexibility index (Phi) is 8.68. The summed E-state index contributed by atoms with van der Waals surface area (Å²) in [6.45, 7) is 3.16. The minimum atomic E-state index is -0.593.